The Labute approximate surface area is 143 Å². The number of piperidine rings is 2. The van der Waals surface area contributed by atoms with Crippen molar-refractivity contribution in [2.45, 2.75) is 59.1 Å². The van der Waals surface area contributed by atoms with Crippen molar-refractivity contribution >= 4 is 5.91 Å². The van der Waals surface area contributed by atoms with Gasteiger partial charge in [0.1, 0.15) is 5.76 Å². The van der Waals surface area contributed by atoms with Crippen LogP contribution in [0.4, 0.5) is 0 Å². The van der Waals surface area contributed by atoms with Crippen LogP contribution in [0.25, 0.3) is 0 Å². The number of carbonyl (C=O) groups is 1. The molecule has 6 nitrogen and oxygen atoms in total. The van der Waals surface area contributed by atoms with Gasteiger partial charge in [-0.15, -0.1) is 0 Å². The molecule has 3 heterocycles. The van der Waals surface area contributed by atoms with Gasteiger partial charge in [0.05, 0.1) is 11.8 Å². The molecule has 3 rings (SSSR count). The van der Waals surface area contributed by atoms with Gasteiger partial charge in [0.25, 0.3) is 0 Å². The third-order valence-electron chi connectivity index (χ3n) is 5.71. The molecule has 1 N–H and O–H groups in total. The van der Waals surface area contributed by atoms with E-state index in [0.717, 1.165) is 56.9 Å². The lowest BCUT2D eigenvalue weighted by Gasteiger charge is -2.47. The third-order valence-corrected chi connectivity index (χ3v) is 5.71. The standard InChI is InChI=1S/C18H29N3O3/c1-13(22)10-21-12-18(5-4-17(21)23)6-8-20(9-7-18)11-16-14(2)19-24-15(16)3/h13,22H,4-12H2,1-3H3/t13-/m1/s1. The zero-order valence-electron chi connectivity index (χ0n) is 15.0. The van der Waals surface area contributed by atoms with Crippen LogP contribution in [-0.4, -0.2) is 58.3 Å². The fourth-order valence-corrected chi connectivity index (χ4v) is 4.13. The summed E-state index contributed by atoms with van der Waals surface area (Å²) >= 11 is 0. The second-order valence-electron chi connectivity index (χ2n) is 7.70. The molecule has 0 saturated carbocycles. The van der Waals surface area contributed by atoms with Gasteiger partial charge in [-0.1, -0.05) is 5.16 Å². The number of rotatable bonds is 4. The smallest absolute Gasteiger partial charge is 0.222 e. The first kappa shape index (κ1) is 17.4. The summed E-state index contributed by atoms with van der Waals surface area (Å²) in [7, 11) is 0. The van der Waals surface area contributed by atoms with Crippen molar-refractivity contribution in [3.05, 3.63) is 17.0 Å². The number of aliphatic hydroxyl groups is 1. The van der Waals surface area contributed by atoms with Crippen molar-refractivity contribution in [1.82, 2.24) is 15.0 Å². The number of hydrogen-bond acceptors (Lipinski definition) is 5. The first-order valence-electron chi connectivity index (χ1n) is 8.98. The van der Waals surface area contributed by atoms with E-state index in [4.69, 9.17) is 4.52 Å². The fourth-order valence-electron chi connectivity index (χ4n) is 4.13. The summed E-state index contributed by atoms with van der Waals surface area (Å²) in [6.07, 6.45) is 3.38. The predicted octanol–water partition coefficient (Wildman–Crippen LogP) is 1.88. The van der Waals surface area contributed by atoms with Gasteiger partial charge < -0.3 is 14.5 Å². The van der Waals surface area contributed by atoms with Crippen molar-refractivity contribution in [1.29, 1.82) is 0 Å². The van der Waals surface area contributed by atoms with Gasteiger partial charge in [-0.25, -0.2) is 0 Å². The van der Waals surface area contributed by atoms with Gasteiger partial charge in [-0.05, 0) is 58.5 Å². The van der Waals surface area contributed by atoms with Crippen molar-refractivity contribution in [2.75, 3.05) is 26.2 Å². The van der Waals surface area contributed by atoms with E-state index < -0.39 is 6.10 Å². The second kappa shape index (κ2) is 6.84. The highest BCUT2D eigenvalue weighted by Crippen LogP contribution is 2.40. The molecule has 24 heavy (non-hydrogen) atoms. The maximum absolute atomic E-state index is 12.1. The summed E-state index contributed by atoms with van der Waals surface area (Å²) in [5.41, 5.74) is 2.43. The number of carbonyl (C=O) groups excluding carboxylic acids is 1. The molecule has 134 valence electrons. The van der Waals surface area contributed by atoms with Crippen LogP contribution in [0, 0.1) is 19.3 Å². The van der Waals surface area contributed by atoms with E-state index in [-0.39, 0.29) is 11.3 Å². The van der Waals surface area contributed by atoms with Gasteiger partial charge in [0.15, 0.2) is 0 Å². The van der Waals surface area contributed by atoms with Crippen LogP contribution in [0.2, 0.25) is 0 Å². The number of likely N-dealkylation sites (tertiary alicyclic amines) is 2. The van der Waals surface area contributed by atoms with Crippen molar-refractivity contribution < 1.29 is 14.4 Å². The van der Waals surface area contributed by atoms with Crippen molar-refractivity contribution in [3.63, 3.8) is 0 Å². The first-order chi connectivity index (χ1) is 11.4. The van der Waals surface area contributed by atoms with E-state index in [1.165, 1.54) is 5.56 Å². The number of aryl methyl sites for hydroxylation is 2. The molecule has 0 aliphatic carbocycles. The number of aliphatic hydroxyl groups excluding tert-OH is 1. The molecule has 2 saturated heterocycles. The quantitative estimate of drug-likeness (QED) is 0.910. The molecule has 0 unspecified atom stereocenters. The fraction of sp³-hybridized carbons (Fsp3) is 0.778. The molecule has 1 aromatic rings. The molecule has 0 bridgehead atoms. The minimum atomic E-state index is -0.455. The molecular weight excluding hydrogens is 306 g/mol. The van der Waals surface area contributed by atoms with E-state index >= 15 is 0 Å². The molecule has 1 atom stereocenters. The lowest BCUT2D eigenvalue weighted by Crippen LogP contribution is -2.52. The Bertz CT molecular complexity index is 569. The second-order valence-corrected chi connectivity index (χ2v) is 7.70. The minimum absolute atomic E-state index is 0.194. The molecule has 2 aliphatic heterocycles. The van der Waals surface area contributed by atoms with Gasteiger partial charge in [0, 0.05) is 31.6 Å². The van der Waals surface area contributed by atoms with Gasteiger partial charge in [-0.3, -0.25) is 9.69 Å². The third kappa shape index (κ3) is 3.64. The number of amides is 1. The number of hydrogen-bond donors (Lipinski definition) is 1. The van der Waals surface area contributed by atoms with Crippen molar-refractivity contribution in [3.8, 4) is 0 Å². The summed E-state index contributed by atoms with van der Waals surface area (Å²) in [5.74, 6) is 1.11. The van der Waals surface area contributed by atoms with Crippen LogP contribution in [0.3, 0.4) is 0 Å². The Kier molecular flexibility index (Phi) is 4.97. The molecule has 1 aromatic heterocycles. The Hall–Kier alpha value is -1.40. The Morgan fingerprint density at radius 3 is 2.58 bits per heavy atom. The maximum Gasteiger partial charge on any atom is 0.222 e. The Morgan fingerprint density at radius 2 is 2.00 bits per heavy atom. The Balaban J connectivity index is 1.59. The van der Waals surface area contributed by atoms with E-state index in [1.54, 1.807) is 6.92 Å². The van der Waals surface area contributed by atoms with Crippen molar-refractivity contribution in [2.24, 2.45) is 5.41 Å². The average Bonchev–Trinajstić information content (AvgIpc) is 2.85. The van der Waals surface area contributed by atoms with Gasteiger partial charge >= 0.3 is 0 Å². The highest BCUT2D eigenvalue weighted by atomic mass is 16.5. The highest BCUT2D eigenvalue weighted by Gasteiger charge is 2.41. The largest absolute Gasteiger partial charge is 0.392 e. The first-order valence-corrected chi connectivity index (χ1v) is 8.98. The summed E-state index contributed by atoms with van der Waals surface area (Å²) in [4.78, 5) is 16.4. The molecule has 0 aromatic carbocycles. The molecule has 1 amide bonds. The number of β-amino-alcohol motifs (C(OH)–C–C–N with tert-alkyl or cyclic N) is 1. The monoisotopic (exact) mass is 335 g/mol. The normalized spacial score (nSPS) is 23.0. The molecular formula is C18H29N3O3. The SMILES string of the molecule is Cc1noc(C)c1CN1CCC2(CCC(=O)N(C[C@@H](C)O)C2)CC1. The van der Waals surface area contributed by atoms with Crippen LogP contribution in [0.15, 0.2) is 4.52 Å². The summed E-state index contributed by atoms with van der Waals surface area (Å²) in [6.45, 7) is 9.97. The van der Waals surface area contributed by atoms with Gasteiger partial charge in [0.2, 0.25) is 5.91 Å². The molecule has 1 spiro atoms. The predicted molar refractivity (Wildman–Crippen MR) is 90.4 cm³/mol. The summed E-state index contributed by atoms with van der Waals surface area (Å²) in [5, 5.41) is 13.7. The zero-order chi connectivity index (χ0) is 17.3. The van der Waals surface area contributed by atoms with Crippen LogP contribution in [-0.2, 0) is 11.3 Å². The lowest BCUT2D eigenvalue weighted by molar-refractivity contribution is -0.140. The zero-order valence-corrected chi connectivity index (χ0v) is 15.0. The van der Waals surface area contributed by atoms with Crippen LogP contribution >= 0.6 is 0 Å². The molecule has 6 heteroatoms. The highest BCUT2D eigenvalue weighted by molar-refractivity contribution is 5.77. The molecule has 2 aliphatic rings. The number of nitrogens with zero attached hydrogens (tertiary/aromatic N) is 3. The number of aromatic nitrogens is 1. The topological polar surface area (TPSA) is 69.8 Å². The van der Waals surface area contributed by atoms with E-state index in [9.17, 15) is 9.90 Å². The van der Waals surface area contributed by atoms with Gasteiger partial charge in [-0.2, -0.15) is 0 Å². The molecule has 2 fully saturated rings. The van der Waals surface area contributed by atoms with Crippen LogP contribution in [0.5, 0.6) is 0 Å². The van der Waals surface area contributed by atoms with Crippen LogP contribution in [0.1, 0.15) is 49.6 Å². The summed E-state index contributed by atoms with van der Waals surface area (Å²) < 4.78 is 5.26. The lowest BCUT2D eigenvalue weighted by atomic mass is 9.72. The van der Waals surface area contributed by atoms with E-state index in [1.807, 2.05) is 18.7 Å². The summed E-state index contributed by atoms with van der Waals surface area (Å²) in [6, 6.07) is 0. The van der Waals surface area contributed by atoms with E-state index in [2.05, 4.69) is 10.1 Å². The minimum Gasteiger partial charge on any atom is -0.392 e. The average molecular weight is 335 g/mol. The van der Waals surface area contributed by atoms with E-state index in [0.29, 0.717) is 13.0 Å². The Morgan fingerprint density at radius 1 is 1.29 bits per heavy atom. The van der Waals surface area contributed by atoms with Crippen LogP contribution < -0.4 is 0 Å². The molecule has 0 radical (unpaired) electrons. The maximum atomic E-state index is 12.1.